The Balaban J connectivity index is 0.000000148. The quantitative estimate of drug-likeness (QED) is 0.0475. The van der Waals surface area contributed by atoms with E-state index in [-0.39, 0.29) is 131 Å². The molecule has 7 aliphatic rings. The third-order valence-corrected chi connectivity index (χ3v) is 24.5. The van der Waals surface area contributed by atoms with Crippen molar-refractivity contribution in [1.82, 2.24) is 59.3 Å². The van der Waals surface area contributed by atoms with E-state index in [1.807, 2.05) is 113 Å². The number of hydrogen-bond donors (Lipinski definition) is 4. The molecule has 121 heavy (non-hydrogen) atoms. The molecule has 10 heterocycles. The van der Waals surface area contributed by atoms with Gasteiger partial charge in [-0.2, -0.15) is 15.0 Å². The Hall–Kier alpha value is -10.7. The zero-order chi connectivity index (χ0) is 86.9. The molecule has 0 aliphatic carbocycles. The van der Waals surface area contributed by atoms with Gasteiger partial charge in [0.2, 0.25) is 17.8 Å². The Morgan fingerprint density at radius 3 is 1.02 bits per heavy atom. The summed E-state index contributed by atoms with van der Waals surface area (Å²) in [5.41, 5.74) is -1.86. The number of phenols is 3. The number of rotatable bonds is 13. The molecule has 1 unspecified atom stereocenters. The number of piperazine rings is 3. The second-order valence-electron chi connectivity index (χ2n) is 32.5. The van der Waals surface area contributed by atoms with Gasteiger partial charge >= 0.3 is 0 Å². The minimum Gasteiger partial charge on any atom is -0.507 e. The molecule has 7 fully saturated rings. The summed E-state index contributed by atoms with van der Waals surface area (Å²) in [5.74, 6) is 5.67. The number of fused-ring (bicyclic) bond motifs is 3. The predicted molar refractivity (Wildman–Crippen MR) is 456 cm³/mol. The lowest BCUT2D eigenvalue weighted by molar-refractivity contribution is -0.135. The van der Waals surface area contributed by atoms with E-state index >= 15 is 13.2 Å². The number of aromatic hydroxyl groups is 3. The fourth-order valence-corrected chi connectivity index (χ4v) is 17.1. The number of aliphatic hydroxyl groups is 1. The summed E-state index contributed by atoms with van der Waals surface area (Å²) >= 11 is 19.7. The summed E-state index contributed by atoms with van der Waals surface area (Å²) in [6, 6.07) is 15.6. The number of halogens is 9. The van der Waals surface area contributed by atoms with E-state index in [0.29, 0.717) is 149 Å². The molecule has 16 rings (SSSR count). The number of ether oxygens (including phenoxy) is 1. The Labute approximate surface area is 711 Å². The third-order valence-electron chi connectivity index (χ3n) is 23.6. The van der Waals surface area contributed by atoms with Crippen molar-refractivity contribution in [3.8, 4) is 74.3 Å². The highest BCUT2D eigenvalue weighted by atomic mass is 35.5. The molecule has 0 bridgehead atoms. The first-order valence-electron chi connectivity index (χ1n) is 39.7. The number of likely N-dealkylation sites (N-methyl/N-ethyl adjacent to an activating group) is 3. The van der Waals surface area contributed by atoms with E-state index in [9.17, 15) is 42.9 Å². The molecule has 6 aromatic carbocycles. The first kappa shape index (κ1) is 86.7. The number of carbonyl (C=O) groups excluding carboxylic acids is 3. The van der Waals surface area contributed by atoms with Gasteiger partial charge in [0, 0.05) is 166 Å². The van der Waals surface area contributed by atoms with Crippen molar-refractivity contribution in [2.24, 2.45) is 0 Å². The van der Waals surface area contributed by atoms with Crippen LogP contribution in [0.25, 0.3) is 66.1 Å². The van der Waals surface area contributed by atoms with E-state index in [1.54, 1.807) is 16.7 Å². The SMILES string of the molecule is CC#CC(=O)N1C[C@H](C)N(c2nc(N3CC(N(C)C)C3)nc3c(F)c(-c4c(O)cccc4F)c(Cl)cc23)C[C@H]1C.C[C@@H]1CN(c2nc(N3CC(N(C)C)C3)nc3c(F)c(-c4c(O)cccc4F)c(Cl)cc23)[C@@H](C)CN1C(=O)C#CCO.C[C@@H]1CN(c2nc(N3CC(N(C)C)C3)nc3c(F)c(-c4c(O)cccc4F)c(Cl)cc23)[C@@H](C)CN1C(=O)C1CO1. The lowest BCUT2D eigenvalue weighted by atomic mass is 10.00. The van der Waals surface area contributed by atoms with Crippen LogP contribution in [-0.2, 0) is 19.1 Å². The van der Waals surface area contributed by atoms with E-state index in [4.69, 9.17) is 59.6 Å². The fraction of sp³-hybridized carbons (Fsp3) is 0.430. The standard InChI is InChI=1S/C29H31ClF2N6O3.C29H31ClF2N6O2.C28H31ClF2N6O3/c1-16-13-38(17(2)12-37(16)23(41)9-6-10-39)28-19-11-20(30)24(25-21(31)7-5-8-22(25)40)26(32)27(19)33-29(34-28)36-14-18(15-36)35(3)4;1-6-8-23(40)37-12-17(3)38(13-16(37)2)28-19-11-20(30)24(25-21(31)9-7-10-22(25)39)26(32)27(19)33-29(34-28)36-14-18(15-36)35(4)5;1-14-10-37(27(39)21-13-40-21)15(2)9-36(14)26-17-8-18(29)22(23-19(30)6-5-7-20(23)38)24(31)25(17)32-28(33-26)35-11-16(12-35)34(3)4/h5,7-8,11,16-18,39-40H,10,12-15H2,1-4H3;7,9-11,16-18,39H,12-15H2,1-5H3;5-8,14-16,21,38H,9-13H2,1-4H3/t2*16-,17+;14-,15+,21?/m110/s1. The summed E-state index contributed by atoms with van der Waals surface area (Å²) in [5, 5.41) is 41.0. The largest absolute Gasteiger partial charge is 0.507 e. The van der Waals surface area contributed by atoms with Crippen molar-refractivity contribution in [2.75, 3.05) is 163 Å². The topological polar surface area (TPSA) is 261 Å². The number of benzene rings is 6. The van der Waals surface area contributed by atoms with Crippen LogP contribution in [0, 0.1) is 58.6 Å². The van der Waals surface area contributed by atoms with Gasteiger partial charge in [0.05, 0.1) is 38.4 Å². The van der Waals surface area contributed by atoms with Gasteiger partial charge in [0.15, 0.2) is 23.6 Å². The van der Waals surface area contributed by atoms with Crippen molar-refractivity contribution in [1.29, 1.82) is 0 Å². The molecule has 7 atom stereocenters. The second-order valence-corrected chi connectivity index (χ2v) is 33.7. The van der Waals surface area contributed by atoms with E-state index in [0.717, 1.165) is 18.2 Å². The van der Waals surface area contributed by atoms with Crippen LogP contribution < -0.4 is 29.4 Å². The molecule has 4 N–H and O–H groups in total. The van der Waals surface area contributed by atoms with Crippen LogP contribution in [0.3, 0.4) is 0 Å². The van der Waals surface area contributed by atoms with E-state index in [1.165, 1.54) is 54.6 Å². The van der Waals surface area contributed by atoms with Crippen molar-refractivity contribution in [3.63, 3.8) is 0 Å². The minimum atomic E-state index is -0.865. The maximum atomic E-state index is 16.4. The summed E-state index contributed by atoms with van der Waals surface area (Å²) in [6.07, 6.45) is -0.370. The molecule has 0 spiro atoms. The number of phenolic OH excluding ortho intramolecular Hbond substituents is 3. The molecule has 3 aromatic heterocycles. The lowest BCUT2D eigenvalue weighted by Gasteiger charge is -2.46. The molecule has 35 heteroatoms. The molecular weight excluding hydrogens is 1630 g/mol. The zero-order valence-electron chi connectivity index (χ0n) is 69.0. The van der Waals surface area contributed by atoms with Gasteiger partial charge in [0.1, 0.15) is 75.3 Å². The first-order valence-corrected chi connectivity index (χ1v) is 40.8. The van der Waals surface area contributed by atoms with Crippen LogP contribution in [0.2, 0.25) is 15.1 Å². The van der Waals surface area contributed by atoms with Gasteiger partial charge in [-0.1, -0.05) is 64.8 Å². The van der Waals surface area contributed by atoms with Gasteiger partial charge in [-0.05, 0) is 157 Å². The number of anilines is 6. The van der Waals surface area contributed by atoms with E-state index in [2.05, 4.69) is 58.2 Å². The predicted octanol–water partition coefficient (Wildman–Crippen LogP) is 10.7. The molecule has 7 aliphatic heterocycles. The van der Waals surface area contributed by atoms with E-state index < -0.39 is 58.8 Å². The Bertz CT molecular complexity index is 5640. The van der Waals surface area contributed by atoms with Gasteiger partial charge in [-0.3, -0.25) is 14.4 Å². The molecule has 26 nitrogen and oxygen atoms in total. The smallest absolute Gasteiger partial charge is 0.298 e. The number of aromatic nitrogens is 6. The molecule has 0 saturated carbocycles. The average molecular weight is 1730 g/mol. The van der Waals surface area contributed by atoms with Crippen LogP contribution in [0.15, 0.2) is 72.8 Å². The highest BCUT2D eigenvalue weighted by Gasteiger charge is 2.44. The van der Waals surface area contributed by atoms with Crippen LogP contribution in [0.5, 0.6) is 17.2 Å². The number of epoxide rings is 1. The van der Waals surface area contributed by atoms with Crippen LogP contribution >= 0.6 is 34.8 Å². The first-order chi connectivity index (χ1) is 57.6. The molecular formula is C86H93Cl3F6N18O8. The van der Waals surface area contributed by atoms with Crippen molar-refractivity contribution in [3.05, 3.63) is 123 Å². The van der Waals surface area contributed by atoms with Crippen LogP contribution in [0.4, 0.5) is 61.6 Å². The maximum absolute atomic E-state index is 16.4. The summed E-state index contributed by atoms with van der Waals surface area (Å²) in [7, 11) is 12.0. The summed E-state index contributed by atoms with van der Waals surface area (Å²) < 4.78 is 98.8. The normalized spacial score (nSPS) is 20.7. The van der Waals surface area contributed by atoms with Crippen molar-refractivity contribution >= 4 is 121 Å². The molecule has 638 valence electrons. The minimum absolute atomic E-state index is 0.0138. The molecule has 3 amide bonds. The molecule has 0 radical (unpaired) electrons. The number of carbonyl (C=O) groups is 3. The second kappa shape index (κ2) is 35.0. The molecule has 7 saturated heterocycles. The van der Waals surface area contributed by atoms with Gasteiger partial charge < -0.3 is 84.0 Å². The van der Waals surface area contributed by atoms with Crippen LogP contribution in [-0.4, -0.2) is 292 Å². The average Bonchev–Trinajstić information content (AvgIpc) is 1.44. The number of hydrogen-bond acceptors (Lipinski definition) is 23. The van der Waals surface area contributed by atoms with Gasteiger partial charge in [-0.15, -0.1) is 0 Å². The molecule has 9 aromatic rings. The lowest BCUT2D eigenvalue weighted by Crippen LogP contribution is -2.59. The maximum Gasteiger partial charge on any atom is 0.298 e. The summed E-state index contributed by atoms with van der Waals surface area (Å²) in [4.78, 5) is 89.9. The number of nitrogens with zero attached hydrogens (tertiary/aromatic N) is 18. The van der Waals surface area contributed by atoms with Gasteiger partial charge in [-0.25, -0.2) is 41.3 Å². The number of amides is 3. The van der Waals surface area contributed by atoms with Gasteiger partial charge in [0.25, 0.3) is 17.7 Å². The Morgan fingerprint density at radius 1 is 0.438 bits per heavy atom. The fourth-order valence-electron chi connectivity index (χ4n) is 16.3. The monoisotopic (exact) mass is 1720 g/mol. The highest BCUT2D eigenvalue weighted by Crippen LogP contribution is 2.48. The van der Waals surface area contributed by atoms with Crippen molar-refractivity contribution < 1.29 is 65.9 Å². The number of aliphatic hydroxyl groups excluding tert-OH is 1. The summed E-state index contributed by atoms with van der Waals surface area (Å²) in [6.45, 7) is 19.7. The third kappa shape index (κ3) is 16.9. The van der Waals surface area contributed by atoms with Crippen molar-refractivity contribution in [2.45, 2.75) is 109 Å². The highest BCUT2D eigenvalue weighted by molar-refractivity contribution is 6.36. The Morgan fingerprint density at radius 2 is 0.736 bits per heavy atom. The Kier molecular flexibility index (Phi) is 25.1. The zero-order valence-corrected chi connectivity index (χ0v) is 71.2. The van der Waals surface area contributed by atoms with Crippen LogP contribution in [0.1, 0.15) is 48.5 Å².